The molecule has 0 aliphatic carbocycles. The molecule has 0 saturated carbocycles. The zero-order valence-corrected chi connectivity index (χ0v) is 15.6. The van der Waals surface area contributed by atoms with Gasteiger partial charge in [-0.05, 0) is 31.4 Å². The molecule has 0 aliphatic heterocycles. The Balaban J connectivity index is 2.80. The fraction of sp³-hybridized carbons (Fsp3) is 0.333. The molecule has 0 radical (unpaired) electrons. The van der Waals surface area contributed by atoms with Crippen LogP contribution in [0.3, 0.4) is 0 Å². The maximum absolute atomic E-state index is 5.23. The first-order chi connectivity index (χ1) is 12.1. The zero-order chi connectivity index (χ0) is 18.3. The van der Waals surface area contributed by atoms with Crippen molar-refractivity contribution in [2.75, 3.05) is 14.2 Å². The lowest BCUT2D eigenvalue weighted by molar-refractivity contribution is 0.207. The van der Waals surface area contributed by atoms with E-state index in [2.05, 4.69) is 43.2 Å². The molecule has 2 rings (SSSR count). The molecule has 132 valence electrons. The number of oxime groups is 2. The fourth-order valence-corrected chi connectivity index (χ4v) is 3.29. The van der Waals surface area contributed by atoms with Crippen molar-refractivity contribution in [3.8, 4) is 0 Å². The lowest BCUT2D eigenvalue weighted by Gasteiger charge is -2.33. The van der Waals surface area contributed by atoms with Gasteiger partial charge in [0.1, 0.15) is 19.9 Å². The van der Waals surface area contributed by atoms with Gasteiger partial charge in [-0.2, -0.15) is 0 Å². The third-order valence-electron chi connectivity index (χ3n) is 4.50. The van der Waals surface area contributed by atoms with Crippen molar-refractivity contribution in [3.05, 3.63) is 71.3 Å². The van der Waals surface area contributed by atoms with E-state index < -0.39 is 5.41 Å². The molecular weight excluding hydrogens is 312 g/mol. The van der Waals surface area contributed by atoms with Crippen LogP contribution in [0.5, 0.6) is 0 Å². The van der Waals surface area contributed by atoms with E-state index in [1.165, 1.54) is 5.56 Å². The van der Waals surface area contributed by atoms with Gasteiger partial charge in [-0.15, -0.1) is 0 Å². The predicted molar refractivity (Wildman–Crippen MR) is 103 cm³/mol. The first-order valence-electron chi connectivity index (χ1n) is 8.43. The topological polar surface area (TPSA) is 43.2 Å². The van der Waals surface area contributed by atoms with Gasteiger partial charge < -0.3 is 9.68 Å². The van der Waals surface area contributed by atoms with Gasteiger partial charge in [-0.25, -0.2) is 0 Å². The molecule has 0 amide bonds. The van der Waals surface area contributed by atoms with Gasteiger partial charge in [-0.1, -0.05) is 71.8 Å². The SMILES string of the molecule is CCC(=NOC)C(C)(C(=NOC)c1ccccc1)c1ccccc1C. The quantitative estimate of drug-likeness (QED) is 0.542. The van der Waals surface area contributed by atoms with Gasteiger partial charge in [0.05, 0.1) is 11.1 Å². The summed E-state index contributed by atoms with van der Waals surface area (Å²) in [7, 11) is 3.14. The third-order valence-corrected chi connectivity index (χ3v) is 4.50. The lowest BCUT2D eigenvalue weighted by atomic mass is 9.70. The highest BCUT2D eigenvalue weighted by Gasteiger charge is 2.40. The molecule has 0 aliphatic rings. The Kier molecular flexibility index (Phi) is 6.34. The molecule has 0 saturated heterocycles. The van der Waals surface area contributed by atoms with Crippen LogP contribution < -0.4 is 0 Å². The average molecular weight is 338 g/mol. The number of aryl methyl sites for hydroxylation is 1. The largest absolute Gasteiger partial charge is 0.399 e. The summed E-state index contributed by atoms with van der Waals surface area (Å²) in [6, 6.07) is 18.3. The Morgan fingerprint density at radius 1 is 0.920 bits per heavy atom. The van der Waals surface area contributed by atoms with Gasteiger partial charge in [0.25, 0.3) is 0 Å². The summed E-state index contributed by atoms with van der Waals surface area (Å²) in [6.45, 7) is 6.30. The summed E-state index contributed by atoms with van der Waals surface area (Å²) in [6.07, 6.45) is 0.730. The van der Waals surface area contributed by atoms with E-state index in [0.717, 1.165) is 29.0 Å². The van der Waals surface area contributed by atoms with E-state index in [1.807, 2.05) is 42.5 Å². The Bertz CT molecular complexity index is 754. The molecule has 1 atom stereocenters. The van der Waals surface area contributed by atoms with Crippen molar-refractivity contribution >= 4 is 11.4 Å². The van der Waals surface area contributed by atoms with Gasteiger partial charge in [0.15, 0.2) is 0 Å². The number of benzene rings is 2. The van der Waals surface area contributed by atoms with E-state index in [4.69, 9.17) is 9.68 Å². The molecule has 0 heterocycles. The van der Waals surface area contributed by atoms with Crippen LogP contribution in [0.25, 0.3) is 0 Å². The Hall–Kier alpha value is -2.62. The summed E-state index contributed by atoms with van der Waals surface area (Å²) >= 11 is 0. The second-order valence-electron chi connectivity index (χ2n) is 6.00. The smallest absolute Gasteiger partial charge is 0.106 e. The Labute approximate surface area is 150 Å². The molecule has 1 unspecified atom stereocenters. The van der Waals surface area contributed by atoms with Gasteiger partial charge in [0, 0.05) is 5.56 Å². The normalized spacial score (nSPS) is 14.8. The van der Waals surface area contributed by atoms with E-state index in [1.54, 1.807) is 14.2 Å². The van der Waals surface area contributed by atoms with Gasteiger partial charge in [0.2, 0.25) is 0 Å². The van der Waals surface area contributed by atoms with Crippen LogP contribution in [0.1, 0.15) is 37.0 Å². The van der Waals surface area contributed by atoms with Crippen LogP contribution >= 0.6 is 0 Å². The summed E-state index contributed by atoms with van der Waals surface area (Å²) in [4.78, 5) is 10.4. The maximum Gasteiger partial charge on any atom is 0.106 e. The van der Waals surface area contributed by atoms with E-state index in [-0.39, 0.29) is 0 Å². The minimum absolute atomic E-state index is 0.576. The highest BCUT2D eigenvalue weighted by molar-refractivity contribution is 6.22. The monoisotopic (exact) mass is 338 g/mol. The lowest BCUT2D eigenvalue weighted by Crippen LogP contribution is -2.42. The Morgan fingerprint density at radius 2 is 1.52 bits per heavy atom. The molecule has 2 aromatic rings. The van der Waals surface area contributed by atoms with Crippen molar-refractivity contribution in [1.29, 1.82) is 0 Å². The number of hydrogen-bond acceptors (Lipinski definition) is 4. The van der Waals surface area contributed by atoms with Gasteiger partial charge in [-0.3, -0.25) is 0 Å². The standard InChI is InChI=1S/C21H26N2O2/c1-6-19(22-24-4)21(3,18-15-11-10-12-16(18)2)20(23-25-5)17-13-8-7-9-14-17/h7-15H,6H2,1-5H3. The average Bonchev–Trinajstić information content (AvgIpc) is 2.64. The zero-order valence-electron chi connectivity index (χ0n) is 15.6. The van der Waals surface area contributed by atoms with Crippen molar-refractivity contribution in [1.82, 2.24) is 0 Å². The maximum atomic E-state index is 5.23. The third kappa shape index (κ3) is 3.73. The van der Waals surface area contributed by atoms with E-state index in [9.17, 15) is 0 Å². The van der Waals surface area contributed by atoms with Crippen LogP contribution in [-0.4, -0.2) is 25.6 Å². The van der Waals surface area contributed by atoms with Crippen molar-refractivity contribution in [2.45, 2.75) is 32.6 Å². The van der Waals surface area contributed by atoms with Crippen LogP contribution in [0.4, 0.5) is 0 Å². The molecule has 0 N–H and O–H groups in total. The highest BCUT2D eigenvalue weighted by atomic mass is 16.6. The second kappa shape index (κ2) is 8.47. The summed E-state index contributed by atoms with van der Waals surface area (Å²) in [5.74, 6) is 0. The van der Waals surface area contributed by atoms with E-state index in [0.29, 0.717) is 0 Å². The van der Waals surface area contributed by atoms with Crippen LogP contribution in [-0.2, 0) is 15.1 Å². The highest BCUT2D eigenvalue weighted by Crippen LogP contribution is 2.34. The number of hydrogen-bond donors (Lipinski definition) is 0. The van der Waals surface area contributed by atoms with Crippen LogP contribution in [0, 0.1) is 6.92 Å². The minimum Gasteiger partial charge on any atom is -0.399 e. The first-order valence-corrected chi connectivity index (χ1v) is 8.43. The molecule has 4 heteroatoms. The Morgan fingerprint density at radius 3 is 2.08 bits per heavy atom. The molecule has 0 fully saturated rings. The summed E-state index contributed by atoms with van der Waals surface area (Å²) in [5, 5.41) is 8.76. The van der Waals surface area contributed by atoms with Crippen LogP contribution in [0.2, 0.25) is 0 Å². The predicted octanol–water partition coefficient (Wildman–Crippen LogP) is 4.72. The van der Waals surface area contributed by atoms with Gasteiger partial charge >= 0.3 is 0 Å². The first kappa shape index (κ1) is 18.7. The number of rotatable bonds is 7. The second-order valence-corrected chi connectivity index (χ2v) is 6.00. The molecule has 25 heavy (non-hydrogen) atoms. The molecular formula is C21H26N2O2. The van der Waals surface area contributed by atoms with Crippen LogP contribution in [0.15, 0.2) is 64.9 Å². The molecule has 0 spiro atoms. The van der Waals surface area contributed by atoms with Crippen molar-refractivity contribution < 1.29 is 9.68 Å². The van der Waals surface area contributed by atoms with Crippen molar-refractivity contribution in [3.63, 3.8) is 0 Å². The van der Waals surface area contributed by atoms with E-state index >= 15 is 0 Å². The minimum atomic E-state index is -0.576. The number of nitrogens with zero attached hydrogens (tertiary/aromatic N) is 2. The molecule has 0 aromatic heterocycles. The summed E-state index contributed by atoms with van der Waals surface area (Å²) in [5.41, 5.74) is 4.42. The molecule has 2 aromatic carbocycles. The van der Waals surface area contributed by atoms with Crippen molar-refractivity contribution in [2.24, 2.45) is 10.3 Å². The molecule has 0 bridgehead atoms. The fourth-order valence-electron chi connectivity index (χ4n) is 3.29. The summed E-state index contributed by atoms with van der Waals surface area (Å²) < 4.78 is 0. The molecule has 4 nitrogen and oxygen atoms in total.